The van der Waals surface area contributed by atoms with Gasteiger partial charge in [-0.1, -0.05) is 12.1 Å². The van der Waals surface area contributed by atoms with E-state index in [0.29, 0.717) is 5.82 Å². The molecular formula is C15H21N3O. The van der Waals surface area contributed by atoms with Crippen molar-refractivity contribution in [1.82, 2.24) is 9.78 Å². The number of hydrogen-bond donors (Lipinski definition) is 1. The zero-order chi connectivity index (χ0) is 14.0. The smallest absolute Gasteiger partial charge is 0.122 e. The highest BCUT2D eigenvalue weighted by atomic mass is 16.5. The Balaban J connectivity index is 2.20. The van der Waals surface area contributed by atoms with E-state index in [0.717, 1.165) is 17.0 Å². The highest BCUT2D eigenvalue weighted by molar-refractivity contribution is 5.35. The van der Waals surface area contributed by atoms with Gasteiger partial charge in [-0.25, -0.2) is 4.68 Å². The van der Waals surface area contributed by atoms with Crippen molar-refractivity contribution >= 4 is 5.82 Å². The summed E-state index contributed by atoms with van der Waals surface area (Å²) in [6.45, 7) is 8.06. The van der Waals surface area contributed by atoms with Gasteiger partial charge >= 0.3 is 0 Å². The fourth-order valence-corrected chi connectivity index (χ4v) is 2.09. The van der Waals surface area contributed by atoms with Gasteiger partial charge in [0.1, 0.15) is 11.6 Å². The third kappa shape index (κ3) is 3.08. The fraction of sp³-hybridized carbons (Fsp3) is 0.400. The summed E-state index contributed by atoms with van der Waals surface area (Å²) in [6, 6.07) is 10.1. The lowest BCUT2D eigenvalue weighted by molar-refractivity contribution is 0.242. The van der Waals surface area contributed by atoms with Crippen molar-refractivity contribution < 1.29 is 4.74 Å². The highest BCUT2D eigenvalue weighted by Crippen LogP contribution is 2.23. The molecule has 2 N–H and O–H groups in total. The van der Waals surface area contributed by atoms with Crippen LogP contribution >= 0.6 is 0 Å². The molecule has 0 saturated carbocycles. The van der Waals surface area contributed by atoms with Crippen LogP contribution in [0.5, 0.6) is 5.75 Å². The highest BCUT2D eigenvalue weighted by Gasteiger charge is 2.12. The van der Waals surface area contributed by atoms with Gasteiger partial charge in [-0.2, -0.15) is 5.10 Å². The summed E-state index contributed by atoms with van der Waals surface area (Å²) in [5.41, 5.74) is 8.04. The minimum atomic E-state index is 0.113. The number of ether oxygens (including phenoxy) is 1. The Morgan fingerprint density at radius 3 is 2.26 bits per heavy atom. The number of rotatable bonds is 4. The van der Waals surface area contributed by atoms with Gasteiger partial charge in [0.2, 0.25) is 0 Å². The standard InChI is InChI=1S/C15H21N3O/c1-10(2)19-14-7-5-13(6-8-14)12(4)18-15(16)9-11(3)17-18/h5-10,12H,16H2,1-4H3. The van der Waals surface area contributed by atoms with Crippen LogP contribution in [0.3, 0.4) is 0 Å². The predicted octanol–water partition coefficient (Wildman–Crippen LogP) is 3.17. The van der Waals surface area contributed by atoms with Gasteiger partial charge in [-0.05, 0) is 45.4 Å². The summed E-state index contributed by atoms with van der Waals surface area (Å²) in [7, 11) is 0. The Morgan fingerprint density at radius 2 is 1.79 bits per heavy atom. The molecule has 1 aromatic carbocycles. The first kappa shape index (κ1) is 13.5. The summed E-state index contributed by atoms with van der Waals surface area (Å²) in [6.07, 6.45) is 0.188. The molecule has 2 aromatic rings. The van der Waals surface area contributed by atoms with E-state index in [4.69, 9.17) is 10.5 Å². The molecular weight excluding hydrogens is 238 g/mol. The topological polar surface area (TPSA) is 53.1 Å². The third-order valence-corrected chi connectivity index (χ3v) is 2.99. The predicted molar refractivity (Wildman–Crippen MR) is 77.4 cm³/mol. The molecule has 0 aliphatic carbocycles. The zero-order valence-corrected chi connectivity index (χ0v) is 11.9. The maximum atomic E-state index is 5.95. The minimum absolute atomic E-state index is 0.113. The van der Waals surface area contributed by atoms with Gasteiger partial charge in [0.25, 0.3) is 0 Å². The van der Waals surface area contributed by atoms with Crippen LogP contribution < -0.4 is 10.5 Å². The number of benzene rings is 1. The number of hydrogen-bond acceptors (Lipinski definition) is 3. The molecule has 0 spiro atoms. The summed E-state index contributed by atoms with van der Waals surface area (Å²) in [5.74, 6) is 1.57. The first-order valence-electron chi connectivity index (χ1n) is 6.55. The zero-order valence-electron chi connectivity index (χ0n) is 11.9. The van der Waals surface area contributed by atoms with E-state index in [1.54, 1.807) is 0 Å². The lowest BCUT2D eigenvalue weighted by atomic mass is 10.1. The van der Waals surface area contributed by atoms with Crippen molar-refractivity contribution in [2.24, 2.45) is 0 Å². The lowest BCUT2D eigenvalue weighted by Crippen LogP contribution is -2.11. The Labute approximate surface area is 114 Å². The molecule has 0 aliphatic heterocycles. The average molecular weight is 259 g/mol. The van der Waals surface area contributed by atoms with Crippen LogP contribution in [0.25, 0.3) is 0 Å². The van der Waals surface area contributed by atoms with Gasteiger partial charge in [0, 0.05) is 6.07 Å². The van der Waals surface area contributed by atoms with Crippen LogP contribution in [0, 0.1) is 6.92 Å². The number of nitrogen functional groups attached to an aromatic ring is 1. The van der Waals surface area contributed by atoms with E-state index in [2.05, 4.69) is 24.2 Å². The molecule has 0 fully saturated rings. The second-order valence-electron chi connectivity index (χ2n) is 5.07. The molecule has 0 amide bonds. The molecule has 1 aromatic heterocycles. The quantitative estimate of drug-likeness (QED) is 0.917. The molecule has 1 heterocycles. The summed E-state index contributed by atoms with van der Waals surface area (Å²) >= 11 is 0. The van der Waals surface area contributed by atoms with Gasteiger partial charge in [0.05, 0.1) is 17.8 Å². The SMILES string of the molecule is Cc1cc(N)n(C(C)c2ccc(OC(C)C)cc2)n1. The molecule has 4 heteroatoms. The molecule has 1 unspecified atom stereocenters. The van der Waals surface area contributed by atoms with Gasteiger partial charge in [-0.15, -0.1) is 0 Å². The molecule has 4 nitrogen and oxygen atoms in total. The molecule has 102 valence electrons. The van der Waals surface area contributed by atoms with Gasteiger partial charge in [0.15, 0.2) is 0 Å². The van der Waals surface area contributed by atoms with E-state index in [1.807, 2.05) is 43.7 Å². The number of nitrogens with zero attached hydrogens (tertiary/aromatic N) is 2. The van der Waals surface area contributed by atoms with E-state index < -0.39 is 0 Å². The molecule has 19 heavy (non-hydrogen) atoms. The summed E-state index contributed by atoms with van der Waals surface area (Å²) in [5, 5.41) is 4.42. The van der Waals surface area contributed by atoms with Crippen LogP contribution in [0.15, 0.2) is 30.3 Å². The number of aryl methyl sites for hydroxylation is 1. The Hall–Kier alpha value is -1.97. The maximum Gasteiger partial charge on any atom is 0.122 e. The minimum Gasteiger partial charge on any atom is -0.491 e. The largest absolute Gasteiger partial charge is 0.491 e. The monoisotopic (exact) mass is 259 g/mol. The molecule has 2 rings (SSSR count). The molecule has 0 saturated heterocycles. The van der Waals surface area contributed by atoms with Crippen LogP contribution in [0.2, 0.25) is 0 Å². The third-order valence-electron chi connectivity index (χ3n) is 2.99. The van der Waals surface area contributed by atoms with Crippen LogP contribution in [0.1, 0.15) is 38.1 Å². The normalized spacial score (nSPS) is 12.7. The van der Waals surface area contributed by atoms with E-state index >= 15 is 0 Å². The summed E-state index contributed by atoms with van der Waals surface area (Å²) in [4.78, 5) is 0. The molecule has 0 radical (unpaired) electrons. The number of aromatic nitrogens is 2. The van der Waals surface area contributed by atoms with E-state index in [-0.39, 0.29) is 12.1 Å². The van der Waals surface area contributed by atoms with Crippen LogP contribution in [-0.2, 0) is 0 Å². The first-order valence-corrected chi connectivity index (χ1v) is 6.55. The second-order valence-corrected chi connectivity index (χ2v) is 5.07. The van der Waals surface area contributed by atoms with Crippen molar-refractivity contribution in [3.05, 3.63) is 41.6 Å². The van der Waals surface area contributed by atoms with Crippen LogP contribution in [-0.4, -0.2) is 15.9 Å². The molecule has 1 atom stereocenters. The Kier molecular flexibility index (Phi) is 3.79. The van der Waals surface area contributed by atoms with Crippen molar-refractivity contribution in [1.29, 1.82) is 0 Å². The summed E-state index contributed by atoms with van der Waals surface area (Å²) < 4.78 is 7.48. The Bertz CT molecular complexity index is 543. The van der Waals surface area contributed by atoms with Crippen molar-refractivity contribution in [2.75, 3.05) is 5.73 Å². The second kappa shape index (κ2) is 5.34. The van der Waals surface area contributed by atoms with Gasteiger partial charge < -0.3 is 10.5 Å². The number of nitrogens with two attached hydrogens (primary N) is 1. The van der Waals surface area contributed by atoms with Crippen molar-refractivity contribution in [3.8, 4) is 5.75 Å². The fourth-order valence-electron chi connectivity index (χ4n) is 2.09. The Morgan fingerprint density at radius 1 is 1.16 bits per heavy atom. The maximum absolute atomic E-state index is 5.95. The number of anilines is 1. The van der Waals surface area contributed by atoms with Crippen LogP contribution in [0.4, 0.5) is 5.82 Å². The first-order chi connectivity index (χ1) is 8.97. The lowest BCUT2D eigenvalue weighted by Gasteiger charge is -2.15. The van der Waals surface area contributed by atoms with E-state index in [1.165, 1.54) is 0 Å². The molecule has 0 aliphatic rings. The van der Waals surface area contributed by atoms with Crippen molar-refractivity contribution in [3.63, 3.8) is 0 Å². The average Bonchev–Trinajstić information content (AvgIpc) is 2.68. The van der Waals surface area contributed by atoms with Gasteiger partial charge in [-0.3, -0.25) is 0 Å². The van der Waals surface area contributed by atoms with E-state index in [9.17, 15) is 0 Å². The molecule has 0 bridgehead atoms. The van der Waals surface area contributed by atoms with Crippen molar-refractivity contribution in [2.45, 2.75) is 39.8 Å².